The van der Waals surface area contributed by atoms with Gasteiger partial charge in [0.25, 0.3) is 0 Å². The fraction of sp³-hybridized carbons (Fsp3) is 0.533. The normalized spacial score (nSPS) is 27.1. The monoisotopic (exact) mass is 553 g/mol. The van der Waals surface area contributed by atoms with Gasteiger partial charge in [0.05, 0.1) is 31.1 Å². The van der Waals surface area contributed by atoms with Gasteiger partial charge < -0.3 is 29.7 Å². The number of aliphatic hydroxyl groups excluding tert-OH is 1. The Balaban J connectivity index is 1.54. The van der Waals surface area contributed by atoms with Gasteiger partial charge in [-0.25, -0.2) is 0 Å². The molecule has 0 unspecified atom stereocenters. The highest BCUT2D eigenvalue weighted by Gasteiger charge is 2.75. The third-order valence-corrected chi connectivity index (χ3v) is 8.00. The predicted octanol–water partition coefficient (Wildman–Crippen LogP) is 1.58. The van der Waals surface area contributed by atoms with Crippen molar-refractivity contribution in [3.05, 3.63) is 61.2 Å². The molecule has 1 spiro atoms. The average Bonchev–Trinajstić information content (AvgIpc) is 3.58. The van der Waals surface area contributed by atoms with E-state index in [0.717, 1.165) is 5.56 Å². The highest BCUT2D eigenvalue weighted by Crippen LogP contribution is 2.58. The summed E-state index contributed by atoms with van der Waals surface area (Å²) < 4.78 is 12.1. The Morgan fingerprint density at radius 1 is 1.27 bits per heavy atom. The van der Waals surface area contributed by atoms with Crippen molar-refractivity contribution in [1.29, 1.82) is 0 Å². The van der Waals surface area contributed by atoms with Gasteiger partial charge in [0, 0.05) is 26.1 Å². The molecule has 0 radical (unpaired) electrons. The van der Waals surface area contributed by atoms with E-state index >= 15 is 0 Å². The Bertz CT molecular complexity index is 1130. The summed E-state index contributed by atoms with van der Waals surface area (Å²) in [7, 11) is 0. The molecular formula is C30H39N3O7. The van der Waals surface area contributed by atoms with Gasteiger partial charge in [0.1, 0.15) is 17.7 Å². The van der Waals surface area contributed by atoms with Crippen LogP contribution < -0.4 is 5.32 Å². The zero-order valence-electron chi connectivity index (χ0n) is 23.0. The van der Waals surface area contributed by atoms with Crippen LogP contribution in [-0.4, -0.2) is 88.7 Å². The van der Waals surface area contributed by atoms with Crippen molar-refractivity contribution < 1.29 is 33.8 Å². The molecule has 3 aliphatic heterocycles. The zero-order valence-corrected chi connectivity index (χ0v) is 23.0. The number of carbonyl (C=O) groups is 4. The van der Waals surface area contributed by atoms with E-state index in [1.165, 1.54) is 4.90 Å². The molecule has 2 N–H and O–H groups in total. The fourth-order valence-electron chi connectivity index (χ4n) is 6.31. The minimum atomic E-state index is -1.18. The van der Waals surface area contributed by atoms with Crippen LogP contribution in [0, 0.1) is 11.8 Å². The number of rotatable bonds is 14. The zero-order chi connectivity index (χ0) is 28.9. The SMILES string of the molecule is C=CCCC(=O)NC[C@@H](C)OC(=O)[C@@H]1[C@@H]2CC[C@]3(O2)[C@H](C(=O)N(CC=C)Cc2ccccc2)N(CCO)C(=O)[C@@H]13. The number of hydrogen-bond donors (Lipinski definition) is 2. The van der Waals surface area contributed by atoms with E-state index < -0.39 is 41.7 Å². The van der Waals surface area contributed by atoms with Crippen LogP contribution in [0.5, 0.6) is 0 Å². The van der Waals surface area contributed by atoms with Gasteiger partial charge in [0.15, 0.2) is 0 Å². The number of benzene rings is 1. The second kappa shape index (κ2) is 12.8. The van der Waals surface area contributed by atoms with E-state index in [0.29, 0.717) is 32.2 Å². The lowest BCUT2D eigenvalue weighted by molar-refractivity contribution is -0.159. The molecule has 10 heteroatoms. The van der Waals surface area contributed by atoms with Gasteiger partial charge in [-0.15, -0.1) is 13.2 Å². The number of nitrogens with zero attached hydrogens (tertiary/aromatic N) is 2. The van der Waals surface area contributed by atoms with Crippen LogP contribution in [0.25, 0.3) is 0 Å². The van der Waals surface area contributed by atoms with Crippen molar-refractivity contribution >= 4 is 23.7 Å². The Kier molecular flexibility index (Phi) is 9.42. The fourth-order valence-corrected chi connectivity index (χ4v) is 6.31. The van der Waals surface area contributed by atoms with E-state index in [9.17, 15) is 24.3 Å². The number of ether oxygens (including phenoxy) is 2. The number of hydrogen-bond acceptors (Lipinski definition) is 7. The van der Waals surface area contributed by atoms with Gasteiger partial charge in [-0.3, -0.25) is 19.2 Å². The van der Waals surface area contributed by atoms with Crippen LogP contribution in [0.15, 0.2) is 55.6 Å². The molecule has 1 aromatic carbocycles. The molecule has 1 aromatic rings. The quantitative estimate of drug-likeness (QED) is 0.265. The van der Waals surface area contributed by atoms with Crippen LogP contribution in [0.3, 0.4) is 0 Å². The minimum Gasteiger partial charge on any atom is -0.460 e. The largest absolute Gasteiger partial charge is 0.460 e. The molecule has 3 amide bonds. The third kappa shape index (κ3) is 5.69. The van der Waals surface area contributed by atoms with E-state index in [1.807, 2.05) is 30.3 Å². The lowest BCUT2D eigenvalue weighted by atomic mass is 9.70. The molecule has 3 fully saturated rings. The van der Waals surface area contributed by atoms with Crippen LogP contribution in [0.4, 0.5) is 0 Å². The molecule has 40 heavy (non-hydrogen) atoms. The maximum Gasteiger partial charge on any atom is 0.312 e. The maximum absolute atomic E-state index is 14.1. The van der Waals surface area contributed by atoms with Crippen LogP contribution in [0.1, 0.15) is 38.2 Å². The molecular weight excluding hydrogens is 514 g/mol. The van der Waals surface area contributed by atoms with Crippen LogP contribution in [0.2, 0.25) is 0 Å². The first-order chi connectivity index (χ1) is 19.3. The van der Waals surface area contributed by atoms with Crippen molar-refractivity contribution in [3.8, 4) is 0 Å². The molecule has 0 aromatic heterocycles. The second-order valence-corrected chi connectivity index (χ2v) is 10.7. The standard InChI is InChI=1S/C30H39N3O7/c1-4-6-12-23(35)31-18-20(3)39-29(38)24-22-13-14-30(40-22)25(24)27(36)33(16-17-34)26(30)28(37)32(15-5-2)19-21-10-8-7-9-11-21/h4-5,7-11,20,22,24-26,34H,1-2,6,12-19H2,3H3,(H,31,35)/t20-,22+,24-,25-,26+,30-/m1/s1. The predicted molar refractivity (Wildman–Crippen MR) is 146 cm³/mol. The second-order valence-electron chi connectivity index (χ2n) is 10.7. The number of aliphatic hydroxyl groups is 1. The summed E-state index contributed by atoms with van der Waals surface area (Å²) in [5, 5.41) is 12.5. The molecule has 4 rings (SSSR count). The lowest BCUT2D eigenvalue weighted by Crippen LogP contribution is -2.56. The smallest absolute Gasteiger partial charge is 0.312 e. The highest BCUT2D eigenvalue weighted by atomic mass is 16.6. The number of likely N-dealkylation sites (tertiary alicyclic amines) is 1. The first-order valence-corrected chi connectivity index (χ1v) is 13.9. The summed E-state index contributed by atoms with van der Waals surface area (Å²) in [6.45, 7) is 9.40. The molecule has 2 bridgehead atoms. The first-order valence-electron chi connectivity index (χ1n) is 13.9. The summed E-state index contributed by atoms with van der Waals surface area (Å²) in [6.07, 6.45) is 3.91. The molecule has 6 atom stereocenters. The average molecular weight is 554 g/mol. The Morgan fingerprint density at radius 3 is 2.70 bits per heavy atom. The van der Waals surface area contributed by atoms with Gasteiger partial charge in [-0.05, 0) is 31.7 Å². The molecule has 0 aliphatic carbocycles. The Labute approximate surface area is 235 Å². The Hall–Kier alpha value is -3.50. The van der Waals surface area contributed by atoms with E-state index in [-0.39, 0.29) is 44.0 Å². The van der Waals surface area contributed by atoms with E-state index in [4.69, 9.17) is 9.47 Å². The molecule has 216 valence electrons. The molecule has 10 nitrogen and oxygen atoms in total. The summed E-state index contributed by atoms with van der Waals surface area (Å²) >= 11 is 0. The number of β-amino-alcohol motifs (C(OH)–C–C–N with tert-alkyl or cyclic N) is 1. The number of carbonyl (C=O) groups excluding carboxylic acids is 4. The van der Waals surface area contributed by atoms with Gasteiger partial charge in [-0.2, -0.15) is 0 Å². The maximum atomic E-state index is 14.1. The number of allylic oxidation sites excluding steroid dienone is 1. The van der Waals surface area contributed by atoms with Crippen molar-refractivity contribution in [2.45, 2.75) is 63.0 Å². The molecule has 3 saturated heterocycles. The third-order valence-electron chi connectivity index (χ3n) is 8.00. The number of esters is 1. The summed E-state index contributed by atoms with van der Waals surface area (Å²) in [5.41, 5.74) is -0.260. The van der Waals surface area contributed by atoms with Crippen molar-refractivity contribution in [3.63, 3.8) is 0 Å². The van der Waals surface area contributed by atoms with E-state index in [1.54, 1.807) is 24.0 Å². The topological polar surface area (TPSA) is 125 Å². The first kappa shape index (κ1) is 29.5. The minimum absolute atomic E-state index is 0.0519. The van der Waals surface area contributed by atoms with Gasteiger partial charge in [-0.1, -0.05) is 42.5 Å². The van der Waals surface area contributed by atoms with Crippen molar-refractivity contribution in [2.75, 3.05) is 26.2 Å². The number of fused-ring (bicyclic) bond motifs is 1. The number of amides is 3. The molecule has 3 aliphatic rings. The van der Waals surface area contributed by atoms with Gasteiger partial charge in [0.2, 0.25) is 17.7 Å². The van der Waals surface area contributed by atoms with Gasteiger partial charge >= 0.3 is 5.97 Å². The summed E-state index contributed by atoms with van der Waals surface area (Å²) in [4.78, 5) is 56.3. The molecule has 3 heterocycles. The van der Waals surface area contributed by atoms with Crippen molar-refractivity contribution in [1.82, 2.24) is 15.1 Å². The summed E-state index contributed by atoms with van der Waals surface area (Å²) in [6, 6.07) is 8.54. The molecule has 0 saturated carbocycles. The van der Waals surface area contributed by atoms with Crippen LogP contribution in [-0.2, 0) is 35.2 Å². The van der Waals surface area contributed by atoms with E-state index in [2.05, 4.69) is 18.5 Å². The van der Waals surface area contributed by atoms with Crippen LogP contribution >= 0.6 is 0 Å². The number of nitrogens with one attached hydrogen (secondary N) is 1. The lowest BCUT2D eigenvalue weighted by Gasteiger charge is -2.36. The highest BCUT2D eigenvalue weighted by molar-refractivity contribution is 5.98. The Morgan fingerprint density at radius 2 is 2.02 bits per heavy atom. The summed E-state index contributed by atoms with van der Waals surface area (Å²) in [5.74, 6) is -3.21. The van der Waals surface area contributed by atoms with Crippen molar-refractivity contribution in [2.24, 2.45) is 11.8 Å².